The maximum atomic E-state index is 12.5. The van der Waals surface area contributed by atoms with Crippen molar-refractivity contribution in [2.24, 2.45) is 0 Å². The molecule has 1 N–H and O–H groups in total. The number of anilines is 5. The van der Waals surface area contributed by atoms with Gasteiger partial charge in [-0.1, -0.05) is 12.8 Å². The van der Waals surface area contributed by atoms with Gasteiger partial charge in [-0.25, -0.2) is 4.98 Å². The molecule has 0 unspecified atom stereocenters. The SMILES string of the molecule is CN1C(=O)CN(C2CCCC2)c2nc(Nc3ccc(N4CCCCC4)cc3)ncc21. The Bertz CT molecular complexity index is 902. The molecule has 1 amide bonds. The number of hydrogen-bond acceptors (Lipinski definition) is 6. The zero-order valence-electron chi connectivity index (χ0n) is 17.7. The molecular formula is C23H30N6O. The summed E-state index contributed by atoms with van der Waals surface area (Å²) in [4.78, 5) is 28.1. The van der Waals surface area contributed by atoms with Crippen LogP contribution in [0, 0.1) is 0 Å². The van der Waals surface area contributed by atoms with Gasteiger partial charge in [0.15, 0.2) is 5.82 Å². The summed E-state index contributed by atoms with van der Waals surface area (Å²) < 4.78 is 0. The van der Waals surface area contributed by atoms with Gasteiger partial charge in [-0.3, -0.25) is 4.79 Å². The Morgan fingerprint density at radius 3 is 2.47 bits per heavy atom. The lowest BCUT2D eigenvalue weighted by Crippen LogP contribution is -2.48. The standard InChI is InChI=1S/C23H30N6O/c1-27-20-15-24-23(26-22(20)29(16-21(27)30)19-7-3-4-8-19)25-17-9-11-18(12-10-17)28-13-5-2-6-14-28/h9-12,15,19H,2-8,13-14,16H2,1H3,(H,24,25,26). The summed E-state index contributed by atoms with van der Waals surface area (Å²) in [5.74, 6) is 1.55. The molecule has 1 aromatic carbocycles. The van der Waals surface area contributed by atoms with Crippen LogP contribution in [0.4, 0.5) is 28.8 Å². The molecular weight excluding hydrogens is 376 g/mol. The van der Waals surface area contributed by atoms with Crippen LogP contribution >= 0.6 is 0 Å². The highest BCUT2D eigenvalue weighted by Gasteiger charge is 2.34. The first-order chi connectivity index (χ1) is 14.7. The summed E-state index contributed by atoms with van der Waals surface area (Å²) in [6.07, 6.45) is 10.4. The summed E-state index contributed by atoms with van der Waals surface area (Å²) in [5, 5.41) is 3.35. The van der Waals surface area contributed by atoms with Gasteiger partial charge in [0.25, 0.3) is 0 Å². The Hall–Kier alpha value is -2.83. The largest absolute Gasteiger partial charge is 0.372 e. The average Bonchev–Trinajstić information content (AvgIpc) is 3.32. The third-order valence-electron chi connectivity index (χ3n) is 6.67. The number of aromatic nitrogens is 2. The molecule has 7 nitrogen and oxygen atoms in total. The van der Waals surface area contributed by atoms with E-state index in [0.717, 1.165) is 43.1 Å². The highest BCUT2D eigenvalue weighted by atomic mass is 16.2. The highest BCUT2D eigenvalue weighted by molar-refractivity contribution is 6.02. The van der Waals surface area contributed by atoms with E-state index in [0.29, 0.717) is 18.5 Å². The predicted octanol–water partition coefficient (Wildman–Crippen LogP) is 3.94. The van der Waals surface area contributed by atoms with Crippen molar-refractivity contribution in [3.05, 3.63) is 30.5 Å². The molecule has 5 rings (SSSR count). The number of benzene rings is 1. The second kappa shape index (κ2) is 8.13. The van der Waals surface area contributed by atoms with Gasteiger partial charge in [-0.2, -0.15) is 4.98 Å². The molecule has 0 spiro atoms. The second-order valence-electron chi connectivity index (χ2n) is 8.64. The minimum Gasteiger partial charge on any atom is -0.372 e. The number of piperidine rings is 1. The van der Waals surface area contributed by atoms with Crippen molar-refractivity contribution < 1.29 is 4.79 Å². The van der Waals surface area contributed by atoms with Crippen LogP contribution in [0.1, 0.15) is 44.9 Å². The molecule has 1 aliphatic carbocycles. The minimum atomic E-state index is 0.104. The van der Waals surface area contributed by atoms with Crippen LogP contribution < -0.4 is 20.0 Å². The van der Waals surface area contributed by atoms with E-state index in [-0.39, 0.29) is 5.91 Å². The van der Waals surface area contributed by atoms with Crippen molar-refractivity contribution in [1.29, 1.82) is 0 Å². The van der Waals surface area contributed by atoms with Crippen LogP contribution in [0.2, 0.25) is 0 Å². The monoisotopic (exact) mass is 406 g/mol. The van der Waals surface area contributed by atoms with Gasteiger partial charge < -0.3 is 20.0 Å². The molecule has 0 atom stereocenters. The zero-order chi connectivity index (χ0) is 20.5. The number of amides is 1. The van der Waals surface area contributed by atoms with Gasteiger partial charge >= 0.3 is 0 Å². The number of rotatable bonds is 4. The Labute approximate surface area is 178 Å². The van der Waals surface area contributed by atoms with Crippen molar-refractivity contribution >= 4 is 34.7 Å². The lowest BCUT2D eigenvalue weighted by Gasteiger charge is -2.37. The van der Waals surface area contributed by atoms with Crippen LogP contribution in [0.3, 0.4) is 0 Å². The number of likely N-dealkylation sites (N-methyl/N-ethyl adjacent to an activating group) is 1. The Morgan fingerprint density at radius 2 is 1.73 bits per heavy atom. The number of fused-ring (bicyclic) bond motifs is 1. The quantitative estimate of drug-likeness (QED) is 0.830. The topological polar surface area (TPSA) is 64.6 Å². The summed E-state index contributed by atoms with van der Waals surface area (Å²) in [6, 6.07) is 8.92. The van der Waals surface area contributed by atoms with Gasteiger partial charge in [0.1, 0.15) is 5.69 Å². The molecule has 2 fully saturated rings. The fourth-order valence-corrected chi connectivity index (χ4v) is 4.89. The van der Waals surface area contributed by atoms with Crippen molar-refractivity contribution in [3.8, 4) is 0 Å². The van der Waals surface area contributed by atoms with Crippen molar-refractivity contribution in [2.75, 3.05) is 46.7 Å². The molecule has 158 valence electrons. The van der Waals surface area contributed by atoms with Gasteiger partial charge in [-0.15, -0.1) is 0 Å². The lowest BCUT2D eigenvalue weighted by atomic mass is 10.1. The zero-order valence-corrected chi connectivity index (χ0v) is 17.7. The first-order valence-electron chi connectivity index (χ1n) is 11.2. The predicted molar refractivity (Wildman–Crippen MR) is 121 cm³/mol. The van der Waals surface area contributed by atoms with Crippen LogP contribution in [0.15, 0.2) is 30.5 Å². The fourth-order valence-electron chi connectivity index (χ4n) is 4.89. The molecule has 7 heteroatoms. The molecule has 2 aliphatic heterocycles. The minimum absolute atomic E-state index is 0.104. The van der Waals surface area contributed by atoms with E-state index >= 15 is 0 Å². The second-order valence-corrected chi connectivity index (χ2v) is 8.64. The van der Waals surface area contributed by atoms with E-state index in [2.05, 4.69) is 44.4 Å². The van der Waals surface area contributed by atoms with E-state index in [1.165, 1.54) is 37.8 Å². The number of hydrogen-bond donors (Lipinski definition) is 1. The molecule has 3 heterocycles. The average molecular weight is 407 g/mol. The smallest absolute Gasteiger partial charge is 0.246 e. The third-order valence-corrected chi connectivity index (χ3v) is 6.67. The normalized spacial score (nSPS) is 19.9. The molecule has 30 heavy (non-hydrogen) atoms. The van der Waals surface area contributed by atoms with Crippen LogP contribution in [0.25, 0.3) is 0 Å². The van der Waals surface area contributed by atoms with Gasteiger partial charge in [0.2, 0.25) is 11.9 Å². The van der Waals surface area contributed by atoms with E-state index in [4.69, 9.17) is 4.98 Å². The fraction of sp³-hybridized carbons (Fsp3) is 0.522. The van der Waals surface area contributed by atoms with Gasteiger partial charge in [0.05, 0.1) is 12.7 Å². The number of carbonyl (C=O) groups is 1. The van der Waals surface area contributed by atoms with E-state index < -0.39 is 0 Å². The van der Waals surface area contributed by atoms with Gasteiger partial charge in [0, 0.05) is 37.6 Å². The van der Waals surface area contributed by atoms with E-state index in [1.807, 2.05) is 7.05 Å². The molecule has 1 saturated carbocycles. The van der Waals surface area contributed by atoms with E-state index in [1.54, 1.807) is 11.1 Å². The van der Waals surface area contributed by atoms with Crippen molar-refractivity contribution in [1.82, 2.24) is 9.97 Å². The van der Waals surface area contributed by atoms with Crippen molar-refractivity contribution in [2.45, 2.75) is 51.0 Å². The molecule has 2 aromatic rings. The van der Waals surface area contributed by atoms with Crippen molar-refractivity contribution in [3.63, 3.8) is 0 Å². The van der Waals surface area contributed by atoms with Crippen LogP contribution in [-0.4, -0.2) is 48.6 Å². The molecule has 0 bridgehead atoms. The maximum absolute atomic E-state index is 12.5. The Balaban J connectivity index is 1.36. The molecule has 1 aromatic heterocycles. The summed E-state index contributed by atoms with van der Waals surface area (Å²) in [6.45, 7) is 2.68. The highest BCUT2D eigenvalue weighted by Crippen LogP contribution is 2.36. The molecule has 0 radical (unpaired) electrons. The molecule has 3 aliphatic rings. The summed E-state index contributed by atoms with van der Waals surface area (Å²) >= 11 is 0. The van der Waals surface area contributed by atoms with Crippen LogP contribution in [-0.2, 0) is 4.79 Å². The summed E-state index contributed by atoms with van der Waals surface area (Å²) in [5.41, 5.74) is 3.05. The molecule has 1 saturated heterocycles. The third kappa shape index (κ3) is 3.68. The first-order valence-corrected chi connectivity index (χ1v) is 11.2. The van der Waals surface area contributed by atoms with E-state index in [9.17, 15) is 4.79 Å². The number of nitrogens with one attached hydrogen (secondary N) is 1. The summed E-state index contributed by atoms with van der Waals surface area (Å²) in [7, 11) is 1.81. The number of carbonyl (C=O) groups excluding carboxylic acids is 1. The van der Waals surface area contributed by atoms with Crippen LogP contribution in [0.5, 0.6) is 0 Å². The maximum Gasteiger partial charge on any atom is 0.246 e. The number of nitrogens with zero attached hydrogens (tertiary/aromatic N) is 5. The Morgan fingerprint density at radius 1 is 1.00 bits per heavy atom. The van der Waals surface area contributed by atoms with Gasteiger partial charge in [-0.05, 0) is 56.4 Å². The lowest BCUT2D eigenvalue weighted by molar-refractivity contribution is -0.117. The Kier molecular flexibility index (Phi) is 5.19. The first kappa shape index (κ1) is 19.2.